The van der Waals surface area contributed by atoms with Crippen LogP contribution in [0.15, 0.2) is 12.3 Å². The molecule has 2 aromatic rings. The van der Waals surface area contributed by atoms with Gasteiger partial charge in [-0.1, -0.05) is 6.92 Å². The molecule has 0 radical (unpaired) electrons. The van der Waals surface area contributed by atoms with Gasteiger partial charge >= 0.3 is 0 Å². The fraction of sp³-hybridized carbons (Fsp3) is 0.588. The van der Waals surface area contributed by atoms with E-state index in [1.807, 2.05) is 22.6 Å². The molecule has 1 amide bonds. The molecule has 2 aromatic heterocycles. The Labute approximate surface area is 136 Å². The summed E-state index contributed by atoms with van der Waals surface area (Å²) in [4.78, 5) is 19.6. The van der Waals surface area contributed by atoms with Crippen molar-refractivity contribution in [1.82, 2.24) is 25.0 Å². The number of aryl methyl sites for hydroxylation is 1. The van der Waals surface area contributed by atoms with Crippen LogP contribution in [0.4, 0.5) is 0 Å². The second-order valence-electron chi connectivity index (χ2n) is 6.29. The van der Waals surface area contributed by atoms with Gasteiger partial charge in [0, 0.05) is 25.3 Å². The van der Waals surface area contributed by atoms with Crippen molar-refractivity contribution in [3.05, 3.63) is 23.5 Å². The van der Waals surface area contributed by atoms with Gasteiger partial charge in [0.2, 0.25) is 0 Å². The molecule has 3 rings (SSSR count). The van der Waals surface area contributed by atoms with Crippen LogP contribution >= 0.6 is 0 Å². The minimum absolute atomic E-state index is 0.0906. The van der Waals surface area contributed by atoms with E-state index in [-0.39, 0.29) is 11.9 Å². The summed E-state index contributed by atoms with van der Waals surface area (Å²) in [5.41, 5.74) is 2.40. The first-order valence-electron chi connectivity index (χ1n) is 8.46. The summed E-state index contributed by atoms with van der Waals surface area (Å²) in [5, 5.41) is 8.68. The quantitative estimate of drug-likeness (QED) is 0.942. The number of rotatable bonds is 3. The highest BCUT2D eigenvalue weighted by Crippen LogP contribution is 2.23. The van der Waals surface area contributed by atoms with E-state index in [0.717, 1.165) is 61.3 Å². The number of hydrogen-bond acceptors (Lipinski definition) is 4. The summed E-state index contributed by atoms with van der Waals surface area (Å²) < 4.78 is 1.93. The number of nitrogens with one attached hydrogen (secondary N) is 1. The molecule has 0 bridgehead atoms. The van der Waals surface area contributed by atoms with Crippen LogP contribution in [0.25, 0.3) is 11.0 Å². The summed E-state index contributed by atoms with van der Waals surface area (Å²) in [5.74, 6) is 0.0906. The molecule has 0 aliphatic carbocycles. The van der Waals surface area contributed by atoms with Gasteiger partial charge in [-0.15, -0.1) is 0 Å². The van der Waals surface area contributed by atoms with Gasteiger partial charge in [-0.25, -0.2) is 9.67 Å². The van der Waals surface area contributed by atoms with Crippen molar-refractivity contribution in [1.29, 1.82) is 0 Å². The van der Waals surface area contributed by atoms with Crippen LogP contribution < -0.4 is 5.32 Å². The average Bonchev–Trinajstić information content (AvgIpc) is 2.79. The Bertz CT molecular complexity index is 700. The van der Waals surface area contributed by atoms with E-state index in [1.54, 1.807) is 6.20 Å². The molecule has 1 unspecified atom stereocenters. The van der Waals surface area contributed by atoms with Gasteiger partial charge in [0.05, 0.1) is 23.2 Å². The number of nitrogens with zero attached hydrogens (tertiary/aromatic N) is 4. The lowest BCUT2D eigenvalue weighted by atomic mass is 10.1. The topological polar surface area (TPSA) is 63.1 Å². The molecule has 1 saturated heterocycles. The fourth-order valence-electron chi connectivity index (χ4n) is 3.03. The van der Waals surface area contributed by atoms with Gasteiger partial charge in [-0.2, -0.15) is 5.10 Å². The van der Waals surface area contributed by atoms with Crippen LogP contribution in [0.1, 0.15) is 48.8 Å². The third kappa shape index (κ3) is 3.08. The highest BCUT2D eigenvalue weighted by molar-refractivity contribution is 6.05. The van der Waals surface area contributed by atoms with E-state index in [0.29, 0.717) is 0 Å². The summed E-state index contributed by atoms with van der Waals surface area (Å²) in [6, 6.07) is 2.16. The summed E-state index contributed by atoms with van der Waals surface area (Å²) >= 11 is 0. The predicted molar refractivity (Wildman–Crippen MR) is 90.7 cm³/mol. The molecule has 1 fully saturated rings. The van der Waals surface area contributed by atoms with Gasteiger partial charge in [0.1, 0.15) is 0 Å². The van der Waals surface area contributed by atoms with Crippen LogP contribution in [-0.4, -0.2) is 51.8 Å². The SMILES string of the molecule is CCC(C)n1ncc2c(C(=O)N3CCCNCC3)cc(C)nc21. The van der Waals surface area contributed by atoms with Gasteiger partial charge < -0.3 is 10.2 Å². The molecular formula is C17H25N5O. The lowest BCUT2D eigenvalue weighted by Gasteiger charge is -2.20. The maximum atomic E-state index is 13.0. The Hall–Kier alpha value is -1.95. The third-order valence-electron chi connectivity index (χ3n) is 4.56. The molecular weight excluding hydrogens is 290 g/mol. The monoisotopic (exact) mass is 315 g/mol. The van der Waals surface area contributed by atoms with Crippen molar-refractivity contribution in [3.8, 4) is 0 Å². The Morgan fingerprint density at radius 1 is 1.39 bits per heavy atom. The zero-order valence-corrected chi connectivity index (χ0v) is 14.2. The Morgan fingerprint density at radius 2 is 2.22 bits per heavy atom. The number of fused-ring (bicyclic) bond motifs is 1. The Morgan fingerprint density at radius 3 is 3.00 bits per heavy atom. The zero-order chi connectivity index (χ0) is 16.4. The molecule has 124 valence electrons. The van der Waals surface area contributed by atoms with Crippen LogP contribution in [0.2, 0.25) is 0 Å². The largest absolute Gasteiger partial charge is 0.337 e. The Kier molecular flexibility index (Phi) is 4.61. The minimum Gasteiger partial charge on any atom is -0.337 e. The van der Waals surface area contributed by atoms with Crippen LogP contribution in [0, 0.1) is 6.92 Å². The first-order valence-corrected chi connectivity index (χ1v) is 8.46. The minimum atomic E-state index is 0.0906. The fourth-order valence-corrected chi connectivity index (χ4v) is 3.03. The second-order valence-corrected chi connectivity index (χ2v) is 6.29. The van der Waals surface area contributed by atoms with Crippen molar-refractivity contribution >= 4 is 16.9 Å². The summed E-state index contributed by atoms with van der Waals surface area (Å²) in [6.45, 7) is 9.57. The molecule has 23 heavy (non-hydrogen) atoms. The van der Waals surface area contributed by atoms with Crippen molar-refractivity contribution < 1.29 is 4.79 Å². The second kappa shape index (κ2) is 6.66. The van der Waals surface area contributed by atoms with Gasteiger partial charge in [0.15, 0.2) is 5.65 Å². The van der Waals surface area contributed by atoms with Crippen LogP contribution in [0.3, 0.4) is 0 Å². The van der Waals surface area contributed by atoms with Crippen molar-refractivity contribution in [2.75, 3.05) is 26.2 Å². The highest BCUT2D eigenvalue weighted by Gasteiger charge is 2.22. The lowest BCUT2D eigenvalue weighted by molar-refractivity contribution is 0.0768. The number of carbonyl (C=O) groups is 1. The van der Waals surface area contributed by atoms with Crippen LogP contribution in [-0.2, 0) is 0 Å². The van der Waals surface area contributed by atoms with Crippen LogP contribution in [0.5, 0.6) is 0 Å². The molecule has 0 spiro atoms. The molecule has 6 nitrogen and oxygen atoms in total. The van der Waals surface area contributed by atoms with Gasteiger partial charge in [0.25, 0.3) is 5.91 Å². The first-order chi connectivity index (χ1) is 11.1. The van der Waals surface area contributed by atoms with E-state index in [2.05, 4.69) is 29.2 Å². The normalized spacial score (nSPS) is 17.3. The van der Waals surface area contributed by atoms with E-state index < -0.39 is 0 Å². The number of amides is 1. The molecule has 1 aliphatic rings. The first kappa shape index (κ1) is 15.9. The number of hydrogen-bond donors (Lipinski definition) is 1. The summed E-state index contributed by atoms with van der Waals surface area (Å²) in [6.07, 6.45) is 3.76. The number of carbonyl (C=O) groups excluding carboxylic acids is 1. The lowest BCUT2D eigenvalue weighted by Crippen LogP contribution is -2.34. The molecule has 0 saturated carbocycles. The Balaban J connectivity index is 2.03. The molecule has 1 aliphatic heterocycles. The molecule has 3 heterocycles. The average molecular weight is 315 g/mol. The van der Waals surface area contributed by atoms with E-state index in [1.165, 1.54) is 0 Å². The maximum absolute atomic E-state index is 13.0. The number of pyridine rings is 1. The third-order valence-corrected chi connectivity index (χ3v) is 4.56. The molecule has 6 heteroatoms. The van der Waals surface area contributed by atoms with Gasteiger partial charge in [-0.3, -0.25) is 4.79 Å². The van der Waals surface area contributed by atoms with Crippen molar-refractivity contribution in [3.63, 3.8) is 0 Å². The molecule has 1 N–H and O–H groups in total. The standard InChI is InChI=1S/C17H25N5O/c1-4-13(3)22-16-15(11-19-22)14(10-12(2)20-16)17(23)21-8-5-6-18-7-9-21/h10-11,13,18H,4-9H2,1-3H3. The summed E-state index contributed by atoms with van der Waals surface area (Å²) in [7, 11) is 0. The highest BCUT2D eigenvalue weighted by atomic mass is 16.2. The van der Waals surface area contributed by atoms with E-state index in [9.17, 15) is 4.79 Å². The van der Waals surface area contributed by atoms with Crippen molar-refractivity contribution in [2.45, 2.75) is 39.7 Å². The van der Waals surface area contributed by atoms with Gasteiger partial charge in [-0.05, 0) is 39.3 Å². The molecule has 0 aromatic carbocycles. The maximum Gasteiger partial charge on any atom is 0.254 e. The predicted octanol–water partition coefficient (Wildman–Crippen LogP) is 2.15. The smallest absolute Gasteiger partial charge is 0.254 e. The molecule has 1 atom stereocenters. The number of aromatic nitrogens is 3. The van der Waals surface area contributed by atoms with Crippen molar-refractivity contribution in [2.24, 2.45) is 0 Å². The van der Waals surface area contributed by atoms with E-state index in [4.69, 9.17) is 0 Å². The zero-order valence-electron chi connectivity index (χ0n) is 14.2. The van der Waals surface area contributed by atoms with E-state index >= 15 is 0 Å².